The summed E-state index contributed by atoms with van der Waals surface area (Å²) in [5, 5.41) is 0. The second kappa shape index (κ2) is 2.88. The molecule has 72 valence electrons. The molecule has 0 spiro atoms. The number of rotatable bonds is 1. The van der Waals surface area contributed by atoms with E-state index < -0.39 is 0 Å². The zero-order valence-corrected chi connectivity index (χ0v) is 8.39. The summed E-state index contributed by atoms with van der Waals surface area (Å²) in [5.41, 5.74) is 8.60. The largest absolute Gasteiger partial charge is 0.469 e. The van der Waals surface area contributed by atoms with E-state index in [0.29, 0.717) is 12.0 Å². The highest BCUT2D eigenvalue weighted by atomic mass is 16.3. The normalized spacial score (nSPS) is 19.9. The van der Waals surface area contributed by atoms with Crippen molar-refractivity contribution in [2.45, 2.75) is 39.7 Å². The van der Waals surface area contributed by atoms with Crippen molar-refractivity contribution in [2.24, 2.45) is 11.1 Å². The second-order valence-corrected chi connectivity index (χ2v) is 4.71. The SMILES string of the molecule is CC1(C)CCc2c(CN)coc2C1. The van der Waals surface area contributed by atoms with Gasteiger partial charge >= 0.3 is 0 Å². The average Bonchev–Trinajstić information content (AvgIpc) is 2.44. The molecule has 0 amide bonds. The molecule has 2 nitrogen and oxygen atoms in total. The average molecular weight is 179 g/mol. The Hall–Kier alpha value is -0.760. The molecule has 0 radical (unpaired) electrons. The maximum absolute atomic E-state index is 5.63. The summed E-state index contributed by atoms with van der Waals surface area (Å²) >= 11 is 0. The van der Waals surface area contributed by atoms with Crippen LogP contribution >= 0.6 is 0 Å². The van der Waals surface area contributed by atoms with Crippen LogP contribution in [0.4, 0.5) is 0 Å². The third-order valence-corrected chi connectivity index (χ3v) is 2.98. The molecule has 1 aliphatic rings. The predicted octanol–water partition coefficient (Wildman–Crippen LogP) is 2.25. The monoisotopic (exact) mass is 179 g/mol. The van der Waals surface area contributed by atoms with Crippen LogP contribution in [0, 0.1) is 5.41 Å². The van der Waals surface area contributed by atoms with Gasteiger partial charge in [0.2, 0.25) is 0 Å². The summed E-state index contributed by atoms with van der Waals surface area (Å²) in [5.74, 6) is 1.16. The molecular weight excluding hydrogens is 162 g/mol. The van der Waals surface area contributed by atoms with Crippen molar-refractivity contribution < 1.29 is 4.42 Å². The van der Waals surface area contributed by atoms with Gasteiger partial charge < -0.3 is 10.2 Å². The fourth-order valence-corrected chi connectivity index (χ4v) is 2.07. The molecule has 2 N–H and O–H groups in total. The Labute approximate surface area is 79.1 Å². The molecule has 0 unspecified atom stereocenters. The Morgan fingerprint density at radius 3 is 3.00 bits per heavy atom. The van der Waals surface area contributed by atoms with Crippen molar-refractivity contribution >= 4 is 0 Å². The van der Waals surface area contributed by atoms with Gasteiger partial charge in [0.1, 0.15) is 5.76 Å². The Balaban J connectivity index is 2.33. The van der Waals surface area contributed by atoms with E-state index in [-0.39, 0.29) is 0 Å². The van der Waals surface area contributed by atoms with E-state index in [1.165, 1.54) is 17.5 Å². The molecule has 13 heavy (non-hydrogen) atoms. The van der Waals surface area contributed by atoms with Crippen molar-refractivity contribution in [3.8, 4) is 0 Å². The molecule has 1 heterocycles. The molecule has 1 aromatic rings. The van der Waals surface area contributed by atoms with Gasteiger partial charge in [-0.3, -0.25) is 0 Å². The summed E-state index contributed by atoms with van der Waals surface area (Å²) < 4.78 is 5.53. The van der Waals surface area contributed by atoms with E-state index in [4.69, 9.17) is 10.2 Å². The minimum Gasteiger partial charge on any atom is -0.469 e. The number of hydrogen-bond acceptors (Lipinski definition) is 2. The van der Waals surface area contributed by atoms with Crippen LogP contribution in [0.25, 0.3) is 0 Å². The van der Waals surface area contributed by atoms with Crippen molar-refractivity contribution in [1.82, 2.24) is 0 Å². The zero-order chi connectivity index (χ0) is 9.47. The first kappa shape index (κ1) is 8.82. The van der Waals surface area contributed by atoms with Crippen molar-refractivity contribution in [3.05, 3.63) is 23.2 Å². The topological polar surface area (TPSA) is 39.2 Å². The third-order valence-electron chi connectivity index (χ3n) is 2.98. The first-order valence-electron chi connectivity index (χ1n) is 4.90. The Morgan fingerprint density at radius 2 is 2.31 bits per heavy atom. The van der Waals surface area contributed by atoms with E-state index in [0.717, 1.165) is 18.6 Å². The van der Waals surface area contributed by atoms with Gasteiger partial charge in [0.15, 0.2) is 0 Å². The van der Waals surface area contributed by atoms with Gasteiger partial charge in [0, 0.05) is 18.5 Å². The van der Waals surface area contributed by atoms with E-state index in [2.05, 4.69) is 13.8 Å². The quantitative estimate of drug-likeness (QED) is 0.718. The van der Waals surface area contributed by atoms with E-state index in [1.807, 2.05) is 6.26 Å². The van der Waals surface area contributed by atoms with Gasteiger partial charge in [-0.1, -0.05) is 13.8 Å². The minimum atomic E-state index is 0.400. The maximum Gasteiger partial charge on any atom is 0.107 e. The summed E-state index contributed by atoms with van der Waals surface area (Å²) in [6.07, 6.45) is 5.26. The maximum atomic E-state index is 5.63. The number of nitrogens with two attached hydrogens (primary N) is 1. The van der Waals surface area contributed by atoms with Gasteiger partial charge in [-0.25, -0.2) is 0 Å². The smallest absolute Gasteiger partial charge is 0.107 e. The highest BCUT2D eigenvalue weighted by Gasteiger charge is 2.28. The van der Waals surface area contributed by atoms with Crippen LogP contribution in [0.2, 0.25) is 0 Å². The second-order valence-electron chi connectivity index (χ2n) is 4.71. The van der Waals surface area contributed by atoms with Crippen LogP contribution in [0.5, 0.6) is 0 Å². The highest BCUT2D eigenvalue weighted by Crippen LogP contribution is 2.36. The Morgan fingerprint density at radius 1 is 1.54 bits per heavy atom. The molecule has 2 rings (SSSR count). The lowest BCUT2D eigenvalue weighted by Crippen LogP contribution is -2.21. The molecule has 0 aromatic carbocycles. The lowest BCUT2D eigenvalue weighted by molar-refractivity contribution is 0.283. The fraction of sp³-hybridized carbons (Fsp3) is 0.636. The molecule has 2 heteroatoms. The highest BCUT2D eigenvalue weighted by molar-refractivity contribution is 5.31. The lowest BCUT2D eigenvalue weighted by Gasteiger charge is -2.28. The molecule has 0 saturated heterocycles. The summed E-state index contributed by atoms with van der Waals surface area (Å²) in [7, 11) is 0. The van der Waals surface area contributed by atoms with Gasteiger partial charge in [-0.2, -0.15) is 0 Å². The van der Waals surface area contributed by atoms with Gasteiger partial charge in [-0.05, 0) is 23.8 Å². The molecule has 0 bridgehead atoms. The standard InChI is InChI=1S/C11H17NO/c1-11(2)4-3-9-8(6-12)7-13-10(9)5-11/h7H,3-6,12H2,1-2H3. The summed E-state index contributed by atoms with van der Waals surface area (Å²) in [4.78, 5) is 0. The van der Waals surface area contributed by atoms with E-state index in [1.54, 1.807) is 0 Å². The summed E-state index contributed by atoms with van der Waals surface area (Å²) in [6.45, 7) is 5.19. The van der Waals surface area contributed by atoms with Crippen LogP contribution in [-0.2, 0) is 19.4 Å². The predicted molar refractivity (Wildman–Crippen MR) is 52.4 cm³/mol. The first-order chi connectivity index (χ1) is 6.12. The molecule has 1 aliphatic carbocycles. The first-order valence-corrected chi connectivity index (χ1v) is 4.90. The number of fused-ring (bicyclic) bond motifs is 1. The van der Waals surface area contributed by atoms with Gasteiger partial charge in [-0.15, -0.1) is 0 Å². The van der Waals surface area contributed by atoms with Crippen molar-refractivity contribution in [2.75, 3.05) is 0 Å². The Kier molecular flexibility index (Phi) is 1.95. The molecular formula is C11H17NO. The lowest BCUT2D eigenvalue weighted by atomic mass is 9.76. The molecule has 1 aromatic heterocycles. The van der Waals surface area contributed by atoms with E-state index in [9.17, 15) is 0 Å². The Bertz CT molecular complexity index is 312. The molecule has 0 atom stereocenters. The fourth-order valence-electron chi connectivity index (χ4n) is 2.07. The van der Waals surface area contributed by atoms with E-state index >= 15 is 0 Å². The molecule has 0 fully saturated rings. The number of hydrogen-bond donors (Lipinski definition) is 1. The van der Waals surface area contributed by atoms with Crippen LogP contribution in [-0.4, -0.2) is 0 Å². The van der Waals surface area contributed by atoms with Crippen LogP contribution in [0.15, 0.2) is 10.7 Å². The molecule has 0 saturated carbocycles. The molecule has 0 aliphatic heterocycles. The summed E-state index contributed by atoms with van der Waals surface area (Å²) in [6, 6.07) is 0. The number of furan rings is 1. The van der Waals surface area contributed by atoms with Crippen LogP contribution in [0.3, 0.4) is 0 Å². The van der Waals surface area contributed by atoms with Crippen LogP contribution < -0.4 is 5.73 Å². The zero-order valence-electron chi connectivity index (χ0n) is 8.39. The third kappa shape index (κ3) is 1.51. The van der Waals surface area contributed by atoms with Gasteiger partial charge in [0.25, 0.3) is 0 Å². The van der Waals surface area contributed by atoms with Crippen molar-refractivity contribution in [3.63, 3.8) is 0 Å². The van der Waals surface area contributed by atoms with Gasteiger partial charge in [0.05, 0.1) is 6.26 Å². The van der Waals surface area contributed by atoms with Crippen LogP contribution in [0.1, 0.15) is 37.2 Å². The van der Waals surface area contributed by atoms with Crippen molar-refractivity contribution in [1.29, 1.82) is 0 Å². The minimum absolute atomic E-state index is 0.400.